The molecule has 6 atom stereocenters. The van der Waals surface area contributed by atoms with Crippen LogP contribution in [0.15, 0.2) is 21.4 Å². The number of hydrogen-bond acceptors (Lipinski definition) is 5. The van der Waals surface area contributed by atoms with E-state index in [-0.39, 0.29) is 34.7 Å². The number of aliphatic hydroxyl groups is 1. The van der Waals surface area contributed by atoms with Crippen LogP contribution in [0.1, 0.15) is 83.1 Å². The molecule has 0 aromatic carbocycles. The average molecular weight is 445 g/mol. The monoisotopic (exact) mass is 444 g/mol. The van der Waals surface area contributed by atoms with Gasteiger partial charge in [0.05, 0.1) is 23.4 Å². The summed E-state index contributed by atoms with van der Waals surface area (Å²) in [5.41, 5.74) is 0.937. The van der Waals surface area contributed by atoms with E-state index in [2.05, 4.69) is 20.4 Å². The van der Waals surface area contributed by atoms with Crippen LogP contribution < -0.4 is 5.63 Å². The first kappa shape index (κ1) is 23.6. The van der Waals surface area contributed by atoms with Crippen molar-refractivity contribution in [2.75, 3.05) is 0 Å². The van der Waals surface area contributed by atoms with Gasteiger partial charge in [-0.05, 0) is 95.3 Å². The lowest BCUT2D eigenvalue weighted by Gasteiger charge is -2.63. The second kappa shape index (κ2) is 7.73. The molecule has 2 aliphatic carbocycles. The van der Waals surface area contributed by atoms with Gasteiger partial charge in [0.25, 0.3) is 0 Å². The fourth-order valence-corrected chi connectivity index (χ4v) is 7.29. The average Bonchev–Trinajstić information content (AvgIpc) is 2.69. The van der Waals surface area contributed by atoms with Crippen molar-refractivity contribution >= 4 is 0 Å². The van der Waals surface area contributed by atoms with Crippen molar-refractivity contribution in [1.29, 1.82) is 0 Å². The van der Waals surface area contributed by atoms with Crippen LogP contribution in [0.4, 0.5) is 0 Å². The molecule has 1 aromatic heterocycles. The lowest BCUT2D eigenvalue weighted by molar-refractivity contribution is -0.236. The summed E-state index contributed by atoms with van der Waals surface area (Å²) in [5.74, 6) is 1.09. The first-order chi connectivity index (χ1) is 14.8. The first-order valence-electron chi connectivity index (χ1n) is 12.2. The lowest BCUT2D eigenvalue weighted by Crippen LogP contribution is -2.61. The van der Waals surface area contributed by atoms with E-state index in [0.717, 1.165) is 38.5 Å². The molecule has 2 saturated carbocycles. The van der Waals surface area contributed by atoms with Crippen molar-refractivity contribution < 1.29 is 19.4 Å². The third kappa shape index (κ3) is 3.56. The number of hydrogen-bond donors (Lipinski definition) is 2. The molecule has 1 aliphatic heterocycles. The van der Waals surface area contributed by atoms with Crippen molar-refractivity contribution in [2.24, 2.45) is 22.7 Å². The van der Waals surface area contributed by atoms with Crippen molar-refractivity contribution in [2.45, 2.75) is 104 Å². The summed E-state index contributed by atoms with van der Waals surface area (Å²) in [4.78, 5) is 12.7. The maximum Gasteiger partial charge on any atom is 0.342 e. The van der Waals surface area contributed by atoms with Gasteiger partial charge >= 0.3 is 5.63 Å². The quantitative estimate of drug-likeness (QED) is 0.626. The van der Waals surface area contributed by atoms with Gasteiger partial charge in [-0.1, -0.05) is 26.0 Å². The molecule has 0 unspecified atom stereocenters. The highest BCUT2D eigenvalue weighted by atomic mass is 16.5. The zero-order valence-electron chi connectivity index (χ0n) is 20.6. The predicted molar refractivity (Wildman–Crippen MR) is 125 cm³/mol. The Morgan fingerprint density at radius 1 is 1.12 bits per heavy atom. The van der Waals surface area contributed by atoms with E-state index in [1.54, 1.807) is 13.8 Å². The normalized spacial score (nSPS) is 37.7. The lowest BCUT2D eigenvalue weighted by atomic mass is 9.44. The summed E-state index contributed by atoms with van der Waals surface area (Å²) < 4.78 is 11.9. The van der Waals surface area contributed by atoms with E-state index in [1.165, 1.54) is 5.57 Å². The molecule has 5 nitrogen and oxygen atoms in total. The Balaban J connectivity index is 1.67. The molecule has 178 valence electrons. The van der Waals surface area contributed by atoms with Crippen LogP contribution in [0.2, 0.25) is 0 Å². The van der Waals surface area contributed by atoms with Crippen molar-refractivity contribution in [3.05, 3.63) is 39.5 Å². The maximum absolute atomic E-state index is 12.7. The molecule has 0 radical (unpaired) electrons. The molecule has 32 heavy (non-hydrogen) atoms. The number of aromatic hydroxyl groups is 1. The molecule has 2 N–H and O–H groups in total. The van der Waals surface area contributed by atoms with Gasteiger partial charge in [0.15, 0.2) is 0 Å². The number of rotatable bonds is 3. The molecule has 5 heteroatoms. The molecular formula is C27H40O5. The summed E-state index contributed by atoms with van der Waals surface area (Å²) in [7, 11) is 0. The highest BCUT2D eigenvalue weighted by molar-refractivity contribution is 5.40. The summed E-state index contributed by atoms with van der Waals surface area (Å²) >= 11 is 0. The summed E-state index contributed by atoms with van der Waals surface area (Å²) in [6.07, 6.45) is 6.29. The second-order valence-corrected chi connectivity index (χ2v) is 11.8. The van der Waals surface area contributed by atoms with Gasteiger partial charge in [-0.15, -0.1) is 0 Å². The molecule has 0 bridgehead atoms. The van der Waals surface area contributed by atoms with Crippen LogP contribution >= 0.6 is 0 Å². The minimum atomic E-state index is -0.833. The highest BCUT2D eigenvalue weighted by Crippen LogP contribution is 2.64. The SMILES string of the molecule is C=C1CC[C@@H]2[C@](C)(CC[C@H]3O[C@@H](C(C)(C)O)CC[C@@]23C)[C@@H]1Cc1c(O)c(C)c(C)oc1=O. The second-order valence-electron chi connectivity index (χ2n) is 11.8. The van der Waals surface area contributed by atoms with Crippen LogP contribution in [0.25, 0.3) is 0 Å². The zero-order chi connectivity index (χ0) is 23.6. The van der Waals surface area contributed by atoms with Crippen LogP contribution in [-0.4, -0.2) is 28.0 Å². The number of ether oxygens (including phenoxy) is 1. The molecule has 1 aromatic rings. The van der Waals surface area contributed by atoms with Crippen molar-refractivity contribution in [3.8, 4) is 5.75 Å². The molecule has 2 heterocycles. The Kier molecular flexibility index (Phi) is 5.69. The Labute approximate surface area is 191 Å². The van der Waals surface area contributed by atoms with Gasteiger partial charge in [0.2, 0.25) is 0 Å². The Morgan fingerprint density at radius 2 is 1.78 bits per heavy atom. The summed E-state index contributed by atoms with van der Waals surface area (Å²) in [6.45, 7) is 16.3. The zero-order valence-corrected chi connectivity index (χ0v) is 20.6. The van der Waals surface area contributed by atoms with E-state index in [9.17, 15) is 15.0 Å². The topological polar surface area (TPSA) is 79.9 Å². The van der Waals surface area contributed by atoms with Gasteiger partial charge in [-0.2, -0.15) is 0 Å². The minimum absolute atomic E-state index is 0.0246. The molecule has 0 spiro atoms. The number of fused-ring (bicyclic) bond motifs is 3. The van der Waals surface area contributed by atoms with E-state index in [4.69, 9.17) is 9.15 Å². The molecule has 3 aliphatic rings. The van der Waals surface area contributed by atoms with Crippen LogP contribution in [0.5, 0.6) is 5.75 Å². The van der Waals surface area contributed by atoms with Gasteiger partial charge in [0.1, 0.15) is 11.5 Å². The van der Waals surface area contributed by atoms with E-state index < -0.39 is 11.2 Å². The van der Waals surface area contributed by atoms with Crippen molar-refractivity contribution in [1.82, 2.24) is 0 Å². The fourth-order valence-electron chi connectivity index (χ4n) is 7.29. The third-order valence-electron chi connectivity index (χ3n) is 9.45. The van der Waals surface area contributed by atoms with E-state index in [1.807, 2.05) is 13.8 Å². The summed E-state index contributed by atoms with van der Waals surface area (Å²) in [6, 6.07) is 0. The van der Waals surface area contributed by atoms with Gasteiger partial charge in [-0.25, -0.2) is 4.79 Å². The Bertz CT molecular complexity index is 969. The fraction of sp³-hybridized carbons (Fsp3) is 0.741. The molecule has 1 saturated heterocycles. The third-order valence-corrected chi connectivity index (χ3v) is 9.45. The minimum Gasteiger partial charge on any atom is -0.507 e. The van der Waals surface area contributed by atoms with Crippen LogP contribution in [-0.2, 0) is 11.2 Å². The Hall–Kier alpha value is -1.59. The van der Waals surface area contributed by atoms with E-state index in [0.29, 0.717) is 29.2 Å². The van der Waals surface area contributed by atoms with Crippen LogP contribution in [0, 0.1) is 36.5 Å². The largest absolute Gasteiger partial charge is 0.507 e. The summed E-state index contributed by atoms with van der Waals surface area (Å²) in [5, 5.41) is 21.3. The smallest absolute Gasteiger partial charge is 0.342 e. The highest BCUT2D eigenvalue weighted by Gasteiger charge is 2.60. The maximum atomic E-state index is 12.7. The predicted octanol–water partition coefficient (Wildman–Crippen LogP) is 5.21. The number of allylic oxidation sites excluding steroid dienone is 1. The molecule has 4 rings (SSSR count). The van der Waals surface area contributed by atoms with Gasteiger partial charge in [-0.3, -0.25) is 0 Å². The van der Waals surface area contributed by atoms with Gasteiger partial charge in [0, 0.05) is 5.56 Å². The first-order valence-corrected chi connectivity index (χ1v) is 12.2. The molecular weight excluding hydrogens is 404 g/mol. The van der Waals surface area contributed by atoms with Gasteiger partial charge < -0.3 is 19.4 Å². The van der Waals surface area contributed by atoms with E-state index >= 15 is 0 Å². The van der Waals surface area contributed by atoms with Crippen molar-refractivity contribution in [3.63, 3.8) is 0 Å². The number of aryl methyl sites for hydroxylation is 1. The molecule has 0 amide bonds. The standard InChI is InChI=1S/C27H40O5/c1-15-8-9-20-26(6,19(15)14-18-23(28)16(2)17(3)31-24(18)29)12-11-22-27(20,7)13-10-21(32-22)25(4,5)30/h19-22,28,30H,1,8-14H2,2-7H3/t19-,20-,21-,22-,26-,27+/m1/s1. The Morgan fingerprint density at radius 3 is 2.44 bits per heavy atom. The van der Waals surface area contributed by atoms with Crippen LogP contribution in [0.3, 0.4) is 0 Å². The molecule has 3 fully saturated rings.